The minimum Gasteiger partial charge on any atom is -0.388 e. The molecule has 0 heterocycles. The summed E-state index contributed by atoms with van der Waals surface area (Å²) in [5.74, 6) is 1.37. The molecule has 0 bridgehead atoms. The Labute approximate surface area is 112 Å². The van der Waals surface area contributed by atoms with E-state index in [4.69, 9.17) is 11.6 Å². The molecule has 3 heteroatoms. The van der Waals surface area contributed by atoms with E-state index >= 15 is 0 Å². The van der Waals surface area contributed by atoms with Gasteiger partial charge in [-0.3, -0.25) is 0 Å². The SMILES string of the molecule is Cc1cc(C(O)C2C3CCCCC32)c(Cl)cc1F. The lowest BCUT2D eigenvalue weighted by molar-refractivity contribution is 0.142. The van der Waals surface area contributed by atoms with Crippen LogP contribution in [0.15, 0.2) is 12.1 Å². The first-order valence-electron chi connectivity index (χ1n) is 6.73. The van der Waals surface area contributed by atoms with E-state index in [2.05, 4.69) is 0 Å². The average molecular weight is 269 g/mol. The molecule has 3 rings (SSSR count). The molecule has 1 aromatic rings. The Bertz CT molecular complexity index is 462. The van der Waals surface area contributed by atoms with E-state index in [1.165, 1.54) is 31.7 Å². The van der Waals surface area contributed by atoms with Gasteiger partial charge in [0.2, 0.25) is 0 Å². The molecule has 1 nitrogen and oxygen atoms in total. The molecular formula is C15H18ClFO. The minimum atomic E-state index is -0.523. The fourth-order valence-corrected chi connectivity index (χ4v) is 3.89. The van der Waals surface area contributed by atoms with Gasteiger partial charge in [-0.2, -0.15) is 0 Å². The van der Waals surface area contributed by atoms with Crippen molar-refractivity contribution >= 4 is 11.6 Å². The van der Waals surface area contributed by atoms with Crippen LogP contribution in [0, 0.1) is 30.5 Å². The van der Waals surface area contributed by atoms with E-state index in [0.29, 0.717) is 33.9 Å². The first-order chi connectivity index (χ1) is 8.59. The molecule has 0 aromatic heterocycles. The van der Waals surface area contributed by atoms with Crippen LogP contribution in [0.3, 0.4) is 0 Å². The Morgan fingerprint density at radius 1 is 1.28 bits per heavy atom. The summed E-state index contributed by atoms with van der Waals surface area (Å²) in [6.45, 7) is 1.71. The van der Waals surface area contributed by atoms with Gasteiger partial charge in [0.25, 0.3) is 0 Å². The Hall–Kier alpha value is -0.600. The lowest BCUT2D eigenvalue weighted by Gasteiger charge is -2.14. The number of halogens is 2. The number of aliphatic hydroxyl groups is 1. The minimum absolute atomic E-state index is 0.302. The summed E-state index contributed by atoms with van der Waals surface area (Å²) < 4.78 is 13.4. The molecule has 0 saturated heterocycles. The lowest BCUT2D eigenvalue weighted by atomic mass is 10.0. The van der Waals surface area contributed by atoms with Gasteiger partial charge in [-0.15, -0.1) is 0 Å². The highest BCUT2D eigenvalue weighted by Gasteiger charge is 2.54. The number of aliphatic hydroxyl groups excluding tert-OH is 1. The summed E-state index contributed by atoms with van der Waals surface area (Å²) in [6, 6.07) is 3.02. The van der Waals surface area contributed by atoms with Crippen LogP contribution < -0.4 is 0 Å². The fourth-order valence-electron chi connectivity index (χ4n) is 3.63. The Morgan fingerprint density at radius 3 is 2.50 bits per heavy atom. The molecule has 2 fully saturated rings. The van der Waals surface area contributed by atoms with Gasteiger partial charge >= 0.3 is 0 Å². The van der Waals surface area contributed by atoms with E-state index in [0.717, 1.165) is 0 Å². The van der Waals surface area contributed by atoms with Crippen LogP contribution >= 0.6 is 11.6 Å². The van der Waals surface area contributed by atoms with E-state index in [1.807, 2.05) is 0 Å². The van der Waals surface area contributed by atoms with Crippen LogP contribution in [-0.2, 0) is 0 Å². The smallest absolute Gasteiger partial charge is 0.127 e. The maximum atomic E-state index is 13.4. The van der Waals surface area contributed by atoms with Gasteiger partial charge in [-0.1, -0.05) is 24.4 Å². The van der Waals surface area contributed by atoms with E-state index in [1.54, 1.807) is 13.0 Å². The van der Waals surface area contributed by atoms with Gasteiger partial charge in [0.15, 0.2) is 0 Å². The molecule has 1 aromatic carbocycles. The molecule has 18 heavy (non-hydrogen) atoms. The van der Waals surface area contributed by atoms with Crippen molar-refractivity contribution in [2.45, 2.75) is 38.7 Å². The van der Waals surface area contributed by atoms with Gasteiger partial charge in [0, 0.05) is 5.02 Å². The van der Waals surface area contributed by atoms with Crippen molar-refractivity contribution in [2.24, 2.45) is 17.8 Å². The zero-order valence-corrected chi connectivity index (χ0v) is 11.3. The van der Waals surface area contributed by atoms with Crippen LogP contribution in [0.2, 0.25) is 5.02 Å². The monoisotopic (exact) mass is 268 g/mol. The van der Waals surface area contributed by atoms with Crippen molar-refractivity contribution in [3.05, 3.63) is 34.1 Å². The quantitative estimate of drug-likeness (QED) is 0.850. The van der Waals surface area contributed by atoms with Crippen LogP contribution in [0.4, 0.5) is 4.39 Å². The molecule has 2 aliphatic carbocycles. The summed E-state index contributed by atoms with van der Waals surface area (Å²) in [7, 11) is 0. The van der Waals surface area contributed by atoms with Crippen LogP contribution in [0.25, 0.3) is 0 Å². The summed E-state index contributed by atoms with van der Waals surface area (Å²) >= 11 is 6.07. The van der Waals surface area contributed by atoms with Crippen molar-refractivity contribution in [3.63, 3.8) is 0 Å². The lowest BCUT2D eigenvalue weighted by Crippen LogP contribution is -2.04. The van der Waals surface area contributed by atoms with Gasteiger partial charge in [-0.05, 0) is 60.8 Å². The number of rotatable bonds is 2. The van der Waals surface area contributed by atoms with Crippen molar-refractivity contribution < 1.29 is 9.50 Å². The van der Waals surface area contributed by atoms with E-state index in [-0.39, 0.29) is 5.82 Å². The number of hydrogen-bond acceptors (Lipinski definition) is 1. The standard InChI is InChI=1S/C15H18ClFO/c1-8-6-11(12(16)7-13(8)17)15(18)14-9-4-2-3-5-10(9)14/h6-7,9-10,14-15,18H,2-5H2,1H3. The fraction of sp³-hybridized carbons (Fsp3) is 0.600. The zero-order valence-electron chi connectivity index (χ0n) is 10.5. The van der Waals surface area contributed by atoms with E-state index in [9.17, 15) is 9.50 Å². The molecule has 2 aliphatic rings. The third-order valence-electron chi connectivity index (χ3n) is 4.68. The maximum Gasteiger partial charge on any atom is 0.127 e. The molecule has 1 N–H and O–H groups in total. The topological polar surface area (TPSA) is 20.2 Å². The Kier molecular flexibility index (Phi) is 3.11. The molecule has 98 valence electrons. The molecule has 0 aliphatic heterocycles. The van der Waals surface area contributed by atoms with Crippen LogP contribution in [-0.4, -0.2) is 5.11 Å². The Balaban J connectivity index is 1.85. The molecular weight excluding hydrogens is 251 g/mol. The van der Waals surface area contributed by atoms with Crippen molar-refractivity contribution in [1.82, 2.24) is 0 Å². The van der Waals surface area contributed by atoms with E-state index < -0.39 is 6.10 Å². The van der Waals surface area contributed by atoms with Crippen molar-refractivity contribution in [2.75, 3.05) is 0 Å². The predicted octanol–water partition coefficient (Wildman–Crippen LogP) is 4.26. The highest BCUT2D eigenvalue weighted by Crippen LogP contribution is 2.60. The third kappa shape index (κ3) is 1.96. The normalized spacial score (nSPS) is 31.9. The highest BCUT2D eigenvalue weighted by atomic mass is 35.5. The second kappa shape index (κ2) is 4.50. The van der Waals surface area contributed by atoms with Gasteiger partial charge < -0.3 is 5.11 Å². The predicted molar refractivity (Wildman–Crippen MR) is 70.0 cm³/mol. The zero-order chi connectivity index (χ0) is 12.9. The largest absolute Gasteiger partial charge is 0.388 e. The van der Waals surface area contributed by atoms with Gasteiger partial charge in [0.05, 0.1) is 6.10 Å². The summed E-state index contributed by atoms with van der Waals surface area (Å²) in [5, 5.41) is 10.8. The van der Waals surface area contributed by atoms with Gasteiger partial charge in [-0.25, -0.2) is 4.39 Å². The first-order valence-corrected chi connectivity index (χ1v) is 7.11. The number of aryl methyl sites for hydroxylation is 1. The van der Waals surface area contributed by atoms with Gasteiger partial charge in [0.1, 0.15) is 5.82 Å². The molecule has 0 spiro atoms. The maximum absolute atomic E-state index is 13.4. The highest BCUT2D eigenvalue weighted by molar-refractivity contribution is 6.31. The van der Waals surface area contributed by atoms with Crippen molar-refractivity contribution in [3.8, 4) is 0 Å². The van der Waals surface area contributed by atoms with Crippen LogP contribution in [0.5, 0.6) is 0 Å². The molecule has 2 saturated carbocycles. The number of hydrogen-bond donors (Lipinski definition) is 1. The second-order valence-electron chi connectivity index (χ2n) is 5.76. The molecule has 3 atom stereocenters. The van der Waals surface area contributed by atoms with Crippen molar-refractivity contribution in [1.29, 1.82) is 0 Å². The molecule has 0 amide bonds. The number of benzene rings is 1. The molecule has 0 radical (unpaired) electrons. The van der Waals surface area contributed by atoms with Crippen LogP contribution in [0.1, 0.15) is 42.9 Å². The third-order valence-corrected chi connectivity index (χ3v) is 5.01. The first kappa shape index (κ1) is 12.4. The average Bonchev–Trinajstić information content (AvgIpc) is 3.07. The summed E-state index contributed by atoms with van der Waals surface area (Å²) in [6.07, 6.45) is 4.49. The number of fused-ring (bicyclic) bond motifs is 1. The second-order valence-corrected chi connectivity index (χ2v) is 6.16. The summed E-state index contributed by atoms with van der Waals surface area (Å²) in [5.41, 5.74) is 1.26. The Morgan fingerprint density at radius 2 is 1.89 bits per heavy atom. The molecule has 3 unspecified atom stereocenters. The summed E-state index contributed by atoms with van der Waals surface area (Å²) in [4.78, 5) is 0.